The van der Waals surface area contributed by atoms with Gasteiger partial charge in [-0.25, -0.2) is 9.59 Å². The minimum Gasteiger partial charge on any atom is -0.462 e. The number of aryl methyl sites for hydroxylation is 1. The van der Waals surface area contributed by atoms with Crippen LogP contribution in [0.25, 0.3) is 17.0 Å². The van der Waals surface area contributed by atoms with Crippen molar-refractivity contribution in [3.63, 3.8) is 0 Å². The SMILES string of the molecule is CCOC(=O)c1c(C)n(C)c2ccc(OC(=O)/C=C/c3ccccc3)cc12. The second kappa shape index (κ2) is 7.91. The summed E-state index contributed by atoms with van der Waals surface area (Å²) in [6, 6.07) is 14.7. The first-order valence-corrected chi connectivity index (χ1v) is 8.72. The van der Waals surface area contributed by atoms with Gasteiger partial charge in [0.15, 0.2) is 0 Å². The molecule has 0 spiro atoms. The van der Waals surface area contributed by atoms with E-state index in [1.165, 1.54) is 6.08 Å². The predicted octanol–water partition coefficient (Wildman–Crippen LogP) is 4.28. The number of carbonyl (C=O) groups excluding carboxylic acids is 2. The Balaban J connectivity index is 1.87. The van der Waals surface area contributed by atoms with E-state index in [4.69, 9.17) is 9.47 Å². The maximum absolute atomic E-state index is 12.3. The Labute approximate surface area is 157 Å². The number of rotatable bonds is 5. The van der Waals surface area contributed by atoms with Crippen molar-refractivity contribution in [1.29, 1.82) is 0 Å². The van der Waals surface area contributed by atoms with E-state index in [0.717, 1.165) is 16.8 Å². The fourth-order valence-corrected chi connectivity index (χ4v) is 2.95. The molecule has 0 aliphatic carbocycles. The van der Waals surface area contributed by atoms with E-state index in [2.05, 4.69) is 0 Å². The predicted molar refractivity (Wildman–Crippen MR) is 105 cm³/mol. The van der Waals surface area contributed by atoms with Gasteiger partial charge < -0.3 is 14.0 Å². The molecule has 3 aromatic rings. The molecular weight excluding hydrogens is 342 g/mol. The monoisotopic (exact) mass is 363 g/mol. The molecule has 0 aliphatic heterocycles. The molecule has 5 heteroatoms. The van der Waals surface area contributed by atoms with E-state index in [-0.39, 0.29) is 5.97 Å². The number of hydrogen-bond donors (Lipinski definition) is 0. The highest BCUT2D eigenvalue weighted by Gasteiger charge is 2.20. The lowest BCUT2D eigenvalue weighted by Crippen LogP contribution is -2.06. The maximum atomic E-state index is 12.3. The molecule has 5 nitrogen and oxygen atoms in total. The summed E-state index contributed by atoms with van der Waals surface area (Å²) in [6.45, 7) is 3.93. The third-order valence-corrected chi connectivity index (χ3v) is 4.37. The Bertz CT molecular complexity index is 1020. The van der Waals surface area contributed by atoms with Crippen molar-refractivity contribution in [1.82, 2.24) is 4.57 Å². The topological polar surface area (TPSA) is 57.5 Å². The zero-order valence-electron chi connectivity index (χ0n) is 15.6. The van der Waals surface area contributed by atoms with Crippen LogP contribution in [0.15, 0.2) is 54.6 Å². The lowest BCUT2D eigenvalue weighted by atomic mass is 10.1. The van der Waals surface area contributed by atoms with Gasteiger partial charge in [-0.05, 0) is 43.7 Å². The van der Waals surface area contributed by atoms with Crippen LogP contribution in [0.1, 0.15) is 28.5 Å². The molecule has 1 heterocycles. The van der Waals surface area contributed by atoms with Gasteiger partial charge in [-0.15, -0.1) is 0 Å². The zero-order valence-corrected chi connectivity index (χ0v) is 15.6. The van der Waals surface area contributed by atoms with E-state index < -0.39 is 5.97 Å². The highest BCUT2D eigenvalue weighted by Crippen LogP contribution is 2.29. The smallest absolute Gasteiger partial charge is 0.340 e. The number of carbonyl (C=O) groups is 2. The van der Waals surface area contributed by atoms with Crippen molar-refractivity contribution in [2.45, 2.75) is 13.8 Å². The van der Waals surface area contributed by atoms with Crippen LogP contribution in [0.3, 0.4) is 0 Å². The molecule has 0 N–H and O–H groups in total. The molecule has 27 heavy (non-hydrogen) atoms. The average Bonchev–Trinajstić information content (AvgIpc) is 2.91. The molecule has 0 bridgehead atoms. The molecule has 0 fully saturated rings. The first-order chi connectivity index (χ1) is 13.0. The standard InChI is InChI=1S/C22H21NO4/c1-4-26-22(25)21-15(2)23(3)19-12-11-17(14-18(19)21)27-20(24)13-10-16-8-6-5-7-9-16/h5-14H,4H2,1-3H3/b13-10+. The molecule has 2 aromatic carbocycles. The Morgan fingerprint density at radius 1 is 1.11 bits per heavy atom. The molecule has 0 saturated heterocycles. The lowest BCUT2D eigenvalue weighted by molar-refractivity contribution is -0.128. The van der Waals surface area contributed by atoms with Gasteiger partial charge in [0.1, 0.15) is 5.75 Å². The maximum Gasteiger partial charge on any atom is 0.340 e. The highest BCUT2D eigenvalue weighted by molar-refractivity contribution is 6.06. The van der Waals surface area contributed by atoms with Crippen LogP contribution in [0.2, 0.25) is 0 Å². The molecule has 0 atom stereocenters. The number of esters is 2. The summed E-state index contributed by atoms with van der Waals surface area (Å²) in [5, 5.41) is 0.700. The number of aromatic nitrogens is 1. The van der Waals surface area contributed by atoms with Crippen molar-refractivity contribution in [3.05, 3.63) is 71.4 Å². The molecule has 138 valence electrons. The van der Waals surface area contributed by atoms with Gasteiger partial charge in [0.05, 0.1) is 12.2 Å². The van der Waals surface area contributed by atoms with Crippen LogP contribution in [-0.2, 0) is 16.6 Å². The van der Waals surface area contributed by atoms with E-state index in [0.29, 0.717) is 23.3 Å². The minimum atomic E-state index is -0.483. The quantitative estimate of drug-likeness (QED) is 0.386. The summed E-state index contributed by atoms with van der Waals surface area (Å²) >= 11 is 0. The van der Waals surface area contributed by atoms with Crippen LogP contribution >= 0.6 is 0 Å². The molecule has 1 aromatic heterocycles. The van der Waals surface area contributed by atoms with Gasteiger partial charge in [0.25, 0.3) is 0 Å². The molecule has 0 unspecified atom stereocenters. The summed E-state index contributed by atoms with van der Waals surface area (Å²) in [4.78, 5) is 24.4. The summed E-state index contributed by atoms with van der Waals surface area (Å²) in [5.74, 6) is -0.488. The third-order valence-electron chi connectivity index (χ3n) is 4.37. The summed E-state index contributed by atoms with van der Waals surface area (Å²) in [5.41, 5.74) is 3.08. The molecule has 0 radical (unpaired) electrons. The van der Waals surface area contributed by atoms with Crippen LogP contribution < -0.4 is 4.74 Å². The van der Waals surface area contributed by atoms with Gasteiger partial charge in [-0.2, -0.15) is 0 Å². The van der Waals surface area contributed by atoms with Crippen molar-refractivity contribution < 1.29 is 19.1 Å². The van der Waals surface area contributed by atoms with E-state index in [1.54, 1.807) is 25.1 Å². The largest absolute Gasteiger partial charge is 0.462 e. The summed E-state index contributed by atoms with van der Waals surface area (Å²) < 4.78 is 12.5. The van der Waals surface area contributed by atoms with Gasteiger partial charge in [0, 0.05) is 29.7 Å². The number of nitrogens with zero attached hydrogens (tertiary/aromatic N) is 1. The number of hydrogen-bond acceptors (Lipinski definition) is 4. The molecule has 3 rings (SSSR count). The minimum absolute atomic E-state index is 0.299. The zero-order chi connectivity index (χ0) is 19.4. The Morgan fingerprint density at radius 3 is 2.56 bits per heavy atom. The van der Waals surface area contributed by atoms with Gasteiger partial charge >= 0.3 is 11.9 Å². The van der Waals surface area contributed by atoms with E-state index in [9.17, 15) is 9.59 Å². The number of fused-ring (bicyclic) bond motifs is 1. The van der Waals surface area contributed by atoms with E-state index in [1.807, 2.05) is 54.9 Å². The lowest BCUT2D eigenvalue weighted by Gasteiger charge is -2.04. The summed E-state index contributed by atoms with van der Waals surface area (Å²) in [7, 11) is 1.88. The van der Waals surface area contributed by atoms with Crippen LogP contribution in [-0.4, -0.2) is 23.1 Å². The van der Waals surface area contributed by atoms with Crippen molar-refractivity contribution in [2.75, 3.05) is 6.61 Å². The van der Waals surface area contributed by atoms with Gasteiger partial charge in [-0.1, -0.05) is 30.3 Å². The Hall–Kier alpha value is -3.34. The van der Waals surface area contributed by atoms with Crippen LogP contribution in [0, 0.1) is 6.92 Å². The second-order valence-electron chi connectivity index (χ2n) is 6.08. The third kappa shape index (κ3) is 3.92. The Morgan fingerprint density at radius 2 is 1.85 bits per heavy atom. The van der Waals surface area contributed by atoms with Crippen LogP contribution in [0.5, 0.6) is 5.75 Å². The molecule has 0 aliphatic rings. The fourth-order valence-electron chi connectivity index (χ4n) is 2.95. The highest BCUT2D eigenvalue weighted by atomic mass is 16.5. The number of ether oxygens (including phenoxy) is 2. The first-order valence-electron chi connectivity index (χ1n) is 8.72. The Kier molecular flexibility index (Phi) is 5.41. The fraction of sp³-hybridized carbons (Fsp3) is 0.182. The van der Waals surface area contributed by atoms with Crippen molar-refractivity contribution in [2.24, 2.45) is 7.05 Å². The summed E-state index contributed by atoms with van der Waals surface area (Å²) in [6.07, 6.45) is 3.07. The second-order valence-corrected chi connectivity index (χ2v) is 6.08. The van der Waals surface area contributed by atoms with Gasteiger partial charge in [0.2, 0.25) is 0 Å². The average molecular weight is 363 g/mol. The number of benzene rings is 2. The normalized spacial score (nSPS) is 11.1. The molecule has 0 saturated carbocycles. The van der Waals surface area contributed by atoms with Gasteiger partial charge in [-0.3, -0.25) is 0 Å². The van der Waals surface area contributed by atoms with Crippen molar-refractivity contribution >= 4 is 28.9 Å². The van der Waals surface area contributed by atoms with Crippen LogP contribution in [0.4, 0.5) is 0 Å². The molecule has 0 amide bonds. The first kappa shape index (κ1) is 18.5. The molecular formula is C22H21NO4. The van der Waals surface area contributed by atoms with Crippen molar-refractivity contribution in [3.8, 4) is 5.75 Å². The van der Waals surface area contributed by atoms with E-state index >= 15 is 0 Å².